The molecule has 0 N–H and O–H groups in total. The van der Waals surface area contributed by atoms with E-state index in [-0.39, 0.29) is 29.4 Å². The molecule has 0 heterocycles. The molecule has 0 spiro atoms. The zero-order chi connectivity index (χ0) is 21.0. The van der Waals surface area contributed by atoms with E-state index in [9.17, 15) is 14.4 Å². The molecule has 1 fully saturated rings. The average Bonchev–Trinajstić information content (AvgIpc) is 2.95. The van der Waals surface area contributed by atoms with Gasteiger partial charge in [0, 0.05) is 19.8 Å². The number of hydrogen-bond donors (Lipinski definition) is 0. The molecule has 6 atom stereocenters. The molecule has 4 aliphatic carbocycles. The Morgan fingerprint density at radius 3 is 2.59 bits per heavy atom. The van der Waals surface area contributed by atoms with Gasteiger partial charge in [0.05, 0.1) is 5.41 Å². The van der Waals surface area contributed by atoms with Crippen molar-refractivity contribution in [2.24, 2.45) is 22.7 Å². The SMILES string of the molecule is CC(=O)O[C@H]1CC[C@@]2(C)C(=CC[C@H]3C4=C(CC[C@@H]32)[C@](C)(C(C)=O)[C@H](OC=O)C4)C1. The van der Waals surface area contributed by atoms with E-state index in [1.807, 2.05) is 6.92 Å². The van der Waals surface area contributed by atoms with Crippen molar-refractivity contribution in [2.75, 3.05) is 0 Å². The van der Waals surface area contributed by atoms with Crippen LogP contribution in [0.4, 0.5) is 0 Å². The summed E-state index contributed by atoms with van der Waals surface area (Å²) in [6.07, 6.45) is 8.37. The maximum Gasteiger partial charge on any atom is 0.302 e. The molecule has 0 unspecified atom stereocenters. The molecule has 4 aliphatic rings. The van der Waals surface area contributed by atoms with Crippen molar-refractivity contribution in [1.29, 1.82) is 0 Å². The fourth-order valence-corrected chi connectivity index (χ4v) is 6.90. The van der Waals surface area contributed by atoms with Crippen molar-refractivity contribution in [2.45, 2.75) is 84.8 Å². The second-order valence-corrected chi connectivity index (χ2v) is 9.80. The third-order valence-corrected chi connectivity index (χ3v) is 8.59. The third-order valence-electron chi connectivity index (χ3n) is 8.59. The number of esters is 1. The lowest BCUT2D eigenvalue weighted by Crippen LogP contribution is -2.45. The summed E-state index contributed by atoms with van der Waals surface area (Å²) < 4.78 is 10.9. The van der Waals surface area contributed by atoms with Crippen molar-refractivity contribution in [1.82, 2.24) is 0 Å². The van der Waals surface area contributed by atoms with Crippen molar-refractivity contribution in [3.63, 3.8) is 0 Å². The zero-order valence-electron chi connectivity index (χ0n) is 18.0. The number of ether oxygens (including phenoxy) is 2. The van der Waals surface area contributed by atoms with E-state index in [2.05, 4.69) is 13.0 Å². The van der Waals surface area contributed by atoms with E-state index in [0.717, 1.165) is 38.5 Å². The van der Waals surface area contributed by atoms with Crippen LogP contribution in [0, 0.1) is 22.7 Å². The van der Waals surface area contributed by atoms with E-state index in [0.29, 0.717) is 24.7 Å². The zero-order valence-corrected chi connectivity index (χ0v) is 18.0. The Hall–Kier alpha value is -1.91. The lowest BCUT2D eigenvalue weighted by Gasteiger charge is -2.53. The molecule has 29 heavy (non-hydrogen) atoms. The van der Waals surface area contributed by atoms with E-state index < -0.39 is 5.41 Å². The number of hydrogen-bond acceptors (Lipinski definition) is 5. The Morgan fingerprint density at radius 2 is 1.93 bits per heavy atom. The number of carbonyl (C=O) groups excluding carboxylic acids is 3. The normalized spacial score (nSPS) is 40.9. The Bertz CT molecular complexity index is 808. The Labute approximate surface area is 172 Å². The van der Waals surface area contributed by atoms with Crippen LogP contribution in [0.25, 0.3) is 0 Å². The quantitative estimate of drug-likeness (QED) is 0.400. The van der Waals surface area contributed by atoms with Crippen LogP contribution < -0.4 is 0 Å². The molecule has 0 radical (unpaired) electrons. The highest BCUT2D eigenvalue weighted by atomic mass is 16.5. The van der Waals surface area contributed by atoms with Gasteiger partial charge in [-0.15, -0.1) is 0 Å². The minimum Gasteiger partial charge on any atom is -0.463 e. The highest BCUT2D eigenvalue weighted by Crippen LogP contribution is 2.62. The van der Waals surface area contributed by atoms with Gasteiger partial charge < -0.3 is 9.47 Å². The van der Waals surface area contributed by atoms with Crippen LogP contribution in [0.2, 0.25) is 0 Å². The summed E-state index contributed by atoms with van der Waals surface area (Å²) in [6.45, 7) is 7.95. The van der Waals surface area contributed by atoms with Crippen LogP contribution >= 0.6 is 0 Å². The van der Waals surface area contributed by atoms with Crippen molar-refractivity contribution in [3.8, 4) is 0 Å². The van der Waals surface area contributed by atoms with Gasteiger partial charge in [-0.1, -0.05) is 29.7 Å². The second kappa shape index (κ2) is 7.10. The predicted octanol–water partition coefficient (Wildman–Crippen LogP) is 4.30. The first kappa shape index (κ1) is 20.4. The van der Waals surface area contributed by atoms with Gasteiger partial charge in [-0.05, 0) is 63.2 Å². The fraction of sp³-hybridized carbons (Fsp3) is 0.708. The molecule has 0 aromatic heterocycles. The van der Waals surface area contributed by atoms with Gasteiger partial charge in [0.25, 0.3) is 6.47 Å². The predicted molar refractivity (Wildman–Crippen MR) is 108 cm³/mol. The second-order valence-electron chi connectivity index (χ2n) is 9.80. The fourth-order valence-electron chi connectivity index (χ4n) is 6.90. The number of ketones is 1. The summed E-state index contributed by atoms with van der Waals surface area (Å²) in [7, 11) is 0. The lowest BCUT2D eigenvalue weighted by atomic mass is 9.52. The molecule has 1 saturated carbocycles. The molecule has 0 aromatic carbocycles. The van der Waals surface area contributed by atoms with E-state index in [1.54, 1.807) is 6.92 Å². The van der Waals surface area contributed by atoms with Crippen LogP contribution in [0.1, 0.15) is 72.6 Å². The highest BCUT2D eigenvalue weighted by Gasteiger charge is 2.57. The van der Waals surface area contributed by atoms with Crippen molar-refractivity contribution >= 4 is 18.2 Å². The molecule has 5 heteroatoms. The molecule has 0 amide bonds. The first-order chi connectivity index (χ1) is 13.7. The van der Waals surface area contributed by atoms with Crippen LogP contribution in [0.5, 0.6) is 0 Å². The first-order valence-electron chi connectivity index (χ1n) is 10.9. The smallest absolute Gasteiger partial charge is 0.302 e. The van der Waals surface area contributed by atoms with Gasteiger partial charge in [-0.3, -0.25) is 14.4 Å². The first-order valence-corrected chi connectivity index (χ1v) is 10.9. The number of carbonyl (C=O) groups is 3. The minimum absolute atomic E-state index is 0.000371. The van der Waals surface area contributed by atoms with Crippen LogP contribution in [0.3, 0.4) is 0 Å². The number of fused-ring (bicyclic) bond motifs is 4. The Balaban J connectivity index is 1.65. The summed E-state index contributed by atoms with van der Waals surface area (Å²) in [5.74, 6) is 0.839. The van der Waals surface area contributed by atoms with Gasteiger partial charge in [0.2, 0.25) is 0 Å². The minimum atomic E-state index is -0.681. The molecule has 0 aromatic rings. The summed E-state index contributed by atoms with van der Waals surface area (Å²) in [6, 6.07) is 0. The van der Waals surface area contributed by atoms with Crippen LogP contribution in [-0.4, -0.2) is 30.4 Å². The molecule has 5 nitrogen and oxygen atoms in total. The van der Waals surface area contributed by atoms with E-state index in [1.165, 1.54) is 23.6 Å². The molecule has 0 saturated heterocycles. The standard InChI is InChI=1S/C24H32O5/c1-14(26)24(4)21-8-7-20-18(19(21)12-22(24)28-13-25)6-5-16-11-17(29-15(2)27)9-10-23(16,20)3/h5,13,17-18,20,22H,6-12H2,1-4H3/t17-,18-,20-,22+,23-,24-/m0/s1. The lowest BCUT2D eigenvalue weighted by molar-refractivity contribution is -0.148. The van der Waals surface area contributed by atoms with Gasteiger partial charge in [0.15, 0.2) is 0 Å². The summed E-state index contributed by atoms with van der Waals surface area (Å²) in [4.78, 5) is 35.1. The summed E-state index contributed by atoms with van der Waals surface area (Å²) in [5.41, 5.74) is 3.47. The monoisotopic (exact) mass is 400 g/mol. The molecular weight excluding hydrogens is 368 g/mol. The number of rotatable bonds is 4. The number of Topliss-reactive ketones (excluding diaryl/α,β-unsaturated/α-hetero) is 1. The largest absolute Gasteiger partial charge is 0.463 e. The number of allylic oxidation sites excluding steroid dienone is 1. The molecule has 4 rings (SSSR count). The van der Waals surface area contributed by atoms with E-state index >= 15 is 0 Å². The maximum atomic E-state index is 12.6. The Morgan fingerprint density at radius 1 is 1.17 bits per heavy atom. The van der Waals surface area contributed by atoms with Crippen molar-refractivity contribution in [3.05, 3.63) is 22.8 Å². The van der Waals surface area contributed by atoms with Gasteiger partial charge in [0.1, 0.15) is 18.0 Å². The molecular formula is C24H32O5. The topological polar surface area (TPSA) is 69.7 Å². The van der Waals surface area contributed by atoms with Gasteiger partial charge in [-0.2, -0.15) is 0 Å². The van der Waals surface area contributed by atoms with E-state index in [4.69, 9.17) is 9.47 Å². The highest BCUT2D eigenvalue weighted by molar-refractivity contribution is 5.87. The molecule has 0 bridgehead atoms. The maximum absolute atomic E-state index is 12.6. The van der Waals surface area contributed by atoms with Gasteiger partial charge >= 0.3 is 5.97 Å². The summed E-state index contributed by atoms with van der Waals surface area (Å²) >= 11 is 0. The average molecular weight is 401 g/mol. The molecule has 158 valence electrons. The third kappa shape index (κ3) is 3.00. The molecule has 0 aliphatic heterocycles. The van der Waals surface area contributed by atoms with Crippen LogP contribution in [-0.2, 0) is 23.9 Å². The van der Waals surface area contributed by atoms with Crippen molar-refractivity contribution < 1.29 is 23.9 Å². The van der Waals surface area contributed by atoms with Gasteiger partial charge in [-0.25, -0.2) is 0 Å². The van der Waals surface area contributed by atoms with Crippen LogP contribution in [0.15, 0.2) is 22.8 Å². The Kier molecular flexibility index (Phi) is 4.99. The summed E-state index contributed by atoms with van der Waals surface area (Å²) in [5, 5.41) is 0.